The lowest BCUT2D eigenvalue weighted by Gasteiger charge is -2.42. The van der Waals surface area contributed by atoms with Gasteiger partial charge in [0.25, 0.3) is 0 Å². The first-order valence-electron chi connectivity index (χ1n) is 30.6. The van der Waals surface area contributed by atoms with E-state index >= 15 is 0 Å². The number of hydrogen-bond donors (Lipinski definition) is 0. The molecule has 402 valence electrons. The van der Waals surface area contributed by atoms with Crippen LogP contribution in [0.1, 0.15) is 110 Å². The second-order valence-electron chi connectivity index (χ2n) is 25.7. The molecule has 1 aliphatic heterocycles. The highest BCUT2D eigenvalue weighted by molar-refractivity contribution is 6.09. The first kappa shape index (κ1) is 47.2. The molecular weight excluding hydrogens is 985 g/mol. The molecule has 0 N–H and O–H groups in total. The van der Waals surface area contributed by atoms with Crippen molar-refractivity contribution in [2.75, 3.05) is 16.5 Å². The lowest BCUT2D eigenvalue weighted by Crippen LogP contribution is -2.33. The quantitative estimate of drug-likeness (QED) is 0.144. The van der Waals surface area contributed by atoms with Crippen LogP contribution in [0.5, 0.6) is 11.5 Å². The van der Waals surface area contributed by atoms with Gasteiger partial charge in [-0.3, -0.25) is 4.57 Å². The van der Waals surface area contributed by atoms with Crippen LogP contribution in [0.3, 0.4) is 0 Å². The van der Waals surface area contributed by atoms with Gasteiger partial charge in [0, 0.05) is 51.5 Å². The standard InChI is InChI=1S/C76H72N4O/c1-73(2,3)55-24-18-23-53(43-55)50-33-35-52(36-34-50)59-28-20-29-60(54-37-40-64-66(44-54)76(9,10)42-41-75(64,7)8)72(59)79-49-78(68-31-16-17-32-69(68)79)56-25-19-26-57(45-56)81-58-38-39-62-61-27-14-15-30-67(61)80(70(62)46-58)71-47-65(74(4,5)6)63(48-77-71)51-21-12-11-13-22-51/h11-40,43-48H,41-42,49H2,1-10H3/i14D,15D,27D,30D. The Morgan fingerprint density at radius 3 is 1.86 bits per heavy atom. The summed E-state index contributed by atoms with van der Waals surface area (Å²) in [7, 11) is 0. The Kier molecular flexibility index (Phi) is 11.4. The van der Waals surface area contributed by atoms with E-state index in [9.17, 15) is 2.74 Å². The molecule has 13 rings (SSSR count). The maximum Gasteiger partial charge on any atom is 0.137 e. The van der Waals surface area contributed by atoms with Gasteiger partial charge < -0.3 is 14.5 Å². The number of rotatable bonds is 9. The maximum atomic E-state index is 9.31. The highest BCUT2D eigenvalue weighted by Crippen LogP contribution is 2.53. The van der Waals surface area contributed by atoms with Crippen molar-refractivity contribution in [3.63, 3.8) is 0 Å². The van der Waals surface area contributed by atoms with Crippen LogP contribution in [0.25, 0.3) is 72.1 Å². The molecule has 0 radical (unpaired) electrons. The van der Waals surface area contributed by atoms with E-state index in [1.807, 2.05) is 59.3 Å². The Labute approximate surface area is 484 Å². The minimum Gasteiger partial charge on any atom is -0.457 e. The van der Waals surface area contributed by atoms with Crippen molar-refractivity contribution < 1.29 is 10.2 Å². The van der Waals surface area contributed by atoms with Crippen LogP contribution in [0.15, 0.2) is 218 Å². The fourth-order valence-electron chi connectivity index (χ4n) is 12.6. The second kappa shape index (κ2) is 19.6. The SMILES string of the molecule is [2H]c1c([2H])c([2H])c2c(c1[2H])c1ccc(Oc3cccc(N4CN(c5c(-c6ccc(-c7cccc(C(C)(C)C)c7)cc6)cccc5-c5ccc6c(c5)C(C)(C)CCC6(C)C)c5ccccc54)c3)cc1n2-c1cc(C(C)(C)C)c(-c2ccccc2)cn1. The van der Waals surface area contributed by atoms with Crippen LogP contribution in [0.2, 0.25) is 0 Å². The average Bonchev–Trinajstić information content (AvgIpc) is 2.17. The van der Waals surface area contributed by atoms with E-state index in [4.69, 9.17) is 12.5 Å². The molecule has 0 unspecified atom stereocenters. The molecule has 3 heterocycles. The predicted molar refractivity (Wildman–Crippen MR) is 342 cm³/mol. The van der Waals surface area contributed by atoms with Gasteiger partial charge >= 0.3 is 0 Å². The molecule has 0 atom stereocenters. The average molecular weight is 1060 g/mol. The molecule has 9 aromatic carbocycles. The molecule has 0 fully saturated rings. The number of aromatic nitrogens is 2. The van der Waals surface area contributed by atoms with Crippen LogP contribution in [-0.4, -0.2) is 16.2 Å². The molecule has 0 saturated carbocycles. The summed E-state index contributed by atoms with van der Waals surface area (Å²) in [6, 6.07) is 66.2. The summed E-state index contributed by atoms with van der Waals surface area (Å²) in [6.45, 7) is 23.5. The van der Waals surface area contributed by atoms with Crippen molar-refractivity contribution >= 4 is 44.6 Å². The zero-order valence-corrected chi connectivity index (χ0v) is 48.3. The lowest BCUT2D eigenvalue weighted by molar-refractivity contribution is 0.332. The van der Waals surface area contributed by atoms with E-state index < -0.39 is 0 Å². The molecule has 2 aliphatic rings. The smallest absolute Gasteiger partial charge is 0.137 e. The number of para-hydroxylation sites is 4. The summed E-state index contributed by atoms with van der Waals surface area (Å²) >= 11 is 0. The van der Waals surface area contributed by atoms with Gasteiger partial charge in [0.15, 0.2) is 0 Å². The zero-order valence-electron chi connectivity index (χ0n) is 52.3. The summed E-state index contributed by atoms with van der Waals surface area (Å²) < 4.78 is 44.8. The van der Waals surface area contributed by atoms with Gasteiger partial charge in [-0.05, 0) is 133 Å². The van der Waals surface area contributed by atoms with Crippen LogP contribution >= 0.6 is 0 Å². The predicted octanol–water partition coefficient (Wildman–Crippen LogP) is 20.8. The zero-order chi connectivity index (χ0) is 59.5. The van der Waals surface area contributed by atoms with Gasteiger partial charge in [0.2, 0.25) is 0 Å². The van der Waals surface area contributed by atoms with E-state index in [1.165, 1.54) is 38.9 Å². The van der Waals surface area contributed by atoms with E-state index in [0.29, 0.717) is 45.8 Å². The van der Waals surface area contributed by atoms with Crippen molar-refractivity contribution in [2.24, 2.45) is 0 Å². The third-order valence-corrected chi connectivity index (χ3v) is 17.2. The van der Waals surface area contributed by atoms with Gasteiger partial charge in [-0.25, -0.2) is 4.98 Å². The minimum absolute atomic E-state index is 0.0328. The molecule has 5 nitrogen and oxygen atoms in total. The Bertz CT molecular complexity index is 4450. The van der Waals surface area contributed by atoms with Crippen LogP contribution in [-0.2, 0) is 21.7 Å². The Hall–Kier alpha value is -8.67. The summed E-state index contributed by atoms with van der Waals surface area (Å²) in [6.07, 6.45) is 4.17. The summed E-state index contributed by atoms with van der Waals surface area (Å²) in [5.74, 6) is 1.73. The van der Waals surface area contributed by atoms with Gasteiger partial charge in [-0.1, -0.05) is 221 Å². The van der Waals surface area contributed by atoms with E-state index in [1.54, 1.807) is 0 Å². The highest BCUT2D eigenvalue weighted by Gasteiger charge is 2.38. The Morgan fingerprint density at radius 1 is 0.481 bits per heavy atom. The Morgan fingerprint density at radius 2 is 1.11 bits per heavy atom. The van der Waals surface area contributed by atoms with Crippen molar-refractivity contribution in [1.82, 2.24) is 9.55 Å². The molecule has 1 aliphatic carbocycles. The van der Waals surface area contributed by atoms with Gasteiger partial charge in [0.05, 0.1) is 33.6 Å². The molecular formula is C76H72N4O. The number of benzene rings is 9. The maximum absolute atomic E-state index is 9.31. The van der Waals surface area contributed by atoms with E-state index in [0.717, 1.165) is 63.4 Å². The normalized spacial score (nSPS) is 15.5. The van der Waals surface area contributed by atoms with Crippen molar-refractivity contribution in [3.05, 3.63) is 241 Å². The lowest BCUT2D eigenvalue weighted by atomic mass is 9.63. The number of ether oxygens (including phenoxy) is 1. The first-order chi connectivity index (χ1) is 40.6. The minimum atomic E-state index is -0.299. The monoisotopic (exact) mass is 1060 g/mol. The van der Waals surface area contributed by atoms with Crippen LogP contribution < -0.4 is 14.5 Å². The molecule has 0 saturated heterocycles. The van der Waals surface area contributed by atoms with Gasteiger partial charge in [0.1, 0.15) is 24.0 Å². The van der Waals surface area contributed by atoms with Gasteiger partial charge in [-0.2, -0.15) is 0 Å². The topological polar surface area (TPSA) is 33.5 Å². The number of pyridine rings is 1. The third kappa shape index (κ3) is 9.37. The fraction of sp³-hybridized carbons (Fsp3) is 0.224. The number of anilines is 4. The molecule has 0 spiro atoms. The number of hydrogen-bond acceptors (Lipinski definition) is 4. The van der Waals surface area contributed by atoms with Gasteiger partial charge in [-0.15, -0.1) is 0 Å². The second-order valence-corrected chi connectivity index (χ2v) is 25.7. The van der Waals surface area contributed by atoms with Crippen LogP contribution in [0.4, 0.5) is 22.7 Å². The van der Waals surface area contributed by atoms with Crippen molar-refractivity contribution in [3.8, 4) is 61.8 Å². The molecule has 0 amide bonds. The first-order valence-corrected chi connectivity index (χ1v) is 28.6. The van der Waals surface area contributed by atoms with E-state index in [-0.39, 0.29) is 45.8 Å². The molecule has 5 heteroatoms. The summed E-state index contributed by atoms with van der Waals surface area (Å²) in [5.41, 5.74) is 19.5. The summed E-state index contributed by atoms with van der Waals surface area (Å²) in [5, 5.41) is 1.11. The third-order valence-electron chi connectivity index (χ3n) is 17.2. The molecule has 0 bridgehead atoms. The van der Waals surface area contributed by atoms with Crippen molar-refractivity contribution in [2.45, 2.75) is 104 Å². The van der Waals surface area contributed by atoms with Crippen molar-refractivity contribution in [1.29, 1.82) is 0 Å². The highest BCUT2D eigenvalue weighted by atomic mass is 16.5. The fourth-order valence-corrected chi connectivity index (χ4v) is 12.6. The molecule has 11 aromatic rings. The molecule has 81 heavy (non-hydrogen) atoms. The molecule has 2 aromatic heterocycles. The summed E-state index contributed by atoms with van der Waals surface area (Å²) in [4.78, 5) is 9.93. The Balaban J connectivity index is 0.905. The number of nitrogens with zero attached hydrogens (tertiary/aromatic N) is 4. The van der Waals surface area contributed by atoms with E-state index in [2.05, 4.69) is 219 Å². The number of fused-ring (bicyclic) bond motifs is 5. The largest absolute Gasteiger partial charge is 0.457 e. The van der Waals surface area contributed by atoms with Crippen LogP contribution in [0, 0.1) is 0 Å².